The minimum absolute atomic E-state index is 0.122. The third-order valence-electron chi connectivity index (χ3n) is 4.96. The molecule has 3 heteroatoms. The van der Waals surface area contributed by atoms with Gasteiger partial charge in [0.2, 0.25) is 0 Å². The van der Waals surface area contributed by atoms with Crippen LogP contribution >= 0.6 is 0 Å². The summed E-state index contributed by atoms with van der Waals surface area (Å²) in [6.45, 7) is 6.07. The molecule has 0 aliphatic carbocycles. The highest BCUT2D eigenvalue weighted by Gasteiger charge is 2.28. The van der Waals surface area contributed by atoms with Gasteiger partial charge in [-0.3, -0.25) is 0 Å². The molecule has 3 nitrogen and oxygen atoms in total. The summed E-state index contributed by atoms with van der Waals surface area (Å²) in [7, 11) is 0. The lowest BCUT2D eigenvalue weighted by Gasteiger charge is -2.26. The van der Waals surface area contributed by atoms with Crippen LogP contribution in [0.2, 0.25) is 0 Å². The van der Waals surface area contributed by atoms with Crippen LogP contribution in [-0.4, -0.2) is 31.3 Å². The van der Waals surface area contributed by atoms with Crippen molar-refractivity contribution in [2.24, 2.45) is 0 Å². The molecule has 1 fully saturated rings. The Labute approximate surface area is 144 Å². The first-order valence-electron chi connectivity index (χ1n) is 9.07. The van der Waals surface area contributed by atoms with Crippen molar-refractivity contribution in [2.75, 3.05) is 26.2 Å². The highest BCUT2D eigenvalue weighted by atomic mass is 16.5. The van der Waals surface area contributed by atoms with Gasteiger partial charge in [0.1, 0.15) is 5.75 Å². The molecular weight excluding hydrogens is 298 g/mol. The highest BCUT2D eigenvalue weighted by Crippen LogP contribution is 2.31. The van der Waals surface area contributed by atoms with Gasteiger partial charge in [0.25, 0.3) is 0 Å². The normalized spacial score (nSPS) is 17.6. The Morgan fingerprint density at radius 2 is 1.62 bits per heavy atom. The molecule has 3 rings (SSSR count). The Kier molecular flexibility index (Phi) is 5.89. The van der Waals surface area contributed by atoms with E-state index in [2.05, 4.69) is 24.3 Å². The quantitative estimate of drug-likeness (QED) is 0.820. The van der Waals surface area contributed by atoms with Crippen molar-refractivity contribution in [3.63, 3.8) is 0 Å². The molecule has 0 amide bonds. The van der Waals surface area contributed by atoms with Gasteiger partial charge in [0.05, 0.1) is 38.3 Å². The lowest BCUT2D eigenvalue weighted by atomic mass is 9.88. The van der Waals surface area contributed by atoms with Crippen LogP contribution in [0.3, 0.4) is 0 Å². The fourth-order valence-corrected chi connectivity index (χ4v) is 3.66. The molecule has 1 aliphatic rings. The van der Waals surface area contributed by atoms with Crippen LogP contribution in [0.4, 0.5) is 0 Å². The summed E-state index contributed by atoms with van der Waals surface area (Å²) in [6.07, 6.45) is 2.11. The van der Waals surface area contributed by atoms with Crippen molar-refractivity contribution in [2.45, 2.75) is 31.8 Å². The number of aliphatic hydroxyl groups is 1. The summed E-state index contributed by atoms with van der Waals surface area (Å²) in [6, 6.07) is 18.3. The molecule has 0 aromatic heterocycles. The first-order chi connectivity index (χ1) is 11.8. The van der Waals surface area contributed by atoms with Crippen LogP contribution in [-0.2, 0) is 0 Å². The van der Waals surface area contributed by atoms with E-state index >= 15 is 0 Å². The van der Waals surface area contributed by atoms with Crippen molar-refractivity contribution in [3.8, 4) is 5.75 Å². The van der Waals surface area contributed by atoms with Gasteiger partial charge in [-0.2, -0.15) is 0 Å². The minimum Gasteiger partial charge on any atom is -0.494 e. The van der Waals surface area contributed by atoms with E-state index in [1.54, 1.807) is 4.90 Å². The molecule has 0 radical (unpaired) electrons. The summed E-state index contributed by atoms with van der Waals surface area (Å²) in [4.78, 5) is 1.61. The maximum Gasteiger partial charge on any atom is 0.119 e. The zero-order chi connectivity index (χ0) is 16.8. The van der Waals surface area contributed by atoms with Crippen molar-refractivity contribution in [3.05, 3.63) is 65.7 Å². The summed E-state index contributed by atoms with van der Waals surface area (Å²) in [5.41, 5.74) is 2.18. The summed E-state index contributed by atoms with van der Waals surface area (Å²) < 4.78 is 5.51. The first-order valence-corrected chi connectivity index (χ1v) is 9.07. The molecule has 2 N–H and O–H groups in total. The van der Waals surface area contributed by atoms with Crippen molar-refractivity contribution in [1.29, 1.82) is 0 Å². The zero-order valence-electron chi connectivity index (χ0n) is 14.4. The molecule has 1 saturated heterocycles. The first kappa shape index (κ1) is 17.0. The molecule has 1 aliphatic heterocycles. The molecule has 24 heavy (non-hydrogen) atoms. The average Bonchev–Trinajstić information content (AvgIpc) is 3.14. The number of hydrogen-bond donors (Lipinski definition) is 2. The number of benzene rings is 2. The van der Waals surface area contributed by atoms with Gasteiger partial charge in [-0.25, -0.2) is 0 Å². The second-order valence-corrected chi connectivity index (χ2v) is 6.63. The van der Waals surface area contributed by atoms with E-state index in [-0.39, 0.29) is 5.92 Å². The Balaban J connectivity index is 1.80. The number of ether oxygens (including phenoxy) is 1. The van der Waals surface area contributed by atoms with Gasteiger partial charge in [-0.15, -0.1) is 0 Å². The Morgan fingerprint density at radius 3 is 2.25 bits per heavy atom. The molecule has 0 bridgehead atoms. The zero-order valence-corrected chi connectivity index (χ0v) is 14.4. The van der Waals surface area contributed by atoms with E-state index in [9.17, 15) is 5.11 Å². The van der Waals surface area contributed by atoms with Gasteiger partial charge < -0.3 is 14.7 Å². The lowest BCUT2D eigenvalue weighted by molar-refractivity contribution is -0.889. The standard InChI is InChI=1S/C21H27NO2/c1-2-24-19-12-10-18(11-13-19)21(23)20(16-22-14-6-7-15-22)17-8-4-3-5-9-17/h3-5,8-13,20-21,23H,2,6-7,14-16H2,1H3/p+1/t20-,21-/m1/s1. The van der Waals surface area contributed by atoms with Crippen molar-refractivity contribution >= 4 is 0 Å². The lowest BCUT2D eigenvalue weighted by Crippen LogP contribution is -3.10. The van der Waals surface area contributed by atoms with Crippen LogP contribution in [0.1, 0.15) is 42.9 Å². The van der Waals surface area contributed by atoms with Crippen LogP contribution in [0.5, 0.6) is 5.75 Å². The molecule has 2 aromatic carbocycles. The Hall–Kier alpha value is -1.84. The van der Waals surface area contributed by atoms with Gasteiger partial charge in [0, 0.05) is 12.8 Å². The maximum atomic E-state index is 11.1. The fourth-order valence-electron chi connectivity index (χ4n) is 3.66. The Bertz CT molecular complexity index is 605. The summed E-state index contributed by atoms with van der Waals surface area (Å²) >= 11 is 0. The molecule has 0 saturated carbocycles. The molecule has 0 unspecified atom stereocenters. The second kappa shape index (κ2) is 8.32. The number of nitrogens with one attached hydrogen (secondary N) is 1. The molecule has 0 spiro atoms. The summed E-state index contributed by atoms with van der Waals surface area (Å²) in [5.74, 6) is 0.979. The topological polar surface area (TPSA) is 33.9 Å². The van der Waals surface area contributed by atoms with Crippen LogP contribution in [0, 0.1) is 0 Å². The van der Waals surface area contributed by atoms with Crippen LogP contribution in [0.25, 0.3) is 0 Å². The van der Waals surface area contributed by atoms with Gasteiger partial charge >= 0.3 is 0 Å². The number of aliphatic hydroxyl groups excluding tert-OH is 1. The van der Waals surface area contributed by atoms with Crippen molar-refractivity contribution in [1.82, 2.24) is 0 Å². The number of rotatable bonds is 7. The van der Waals surface area contributed by atoms with E-state index in [0.29, 0.717) is 6.61 Å². The SMILES string of the molecule is CCOc1ccc([C@@H](O)[C@H](C[NH+]2CCCC2)c2ccccc2)cc1. The third kappa shape index (κ3) is 4.16. The Morgan fingerprint density at radius 1 is 0.958 bits per heavy atom. The van der Waals surface area contributed by atoms with Crippen LogP contribution in [0.15, 0.2) is 54.6 Å². The van der Waals surface area contributed by atoms with E-state index in [1.165, 1.54) is 31.5 Å². The van der Waals surface area contributed by atoms with E-state index in [0.717, 1.165) is 17.9 Å². The largest absolute Gasteiger partial charge is 0.494 e. The van der Waals surface area contributed by atoms with E-state index in [4.69, 9.17) is 4.74 Å². The smallest absolute Gasteiger partial charge is 0.119 e. The minimum atomic E-state index is -0.490. The predicted molar refractivity (Wildman–Crippen MR) is 96.6 cm³/mol. The van der Waals surface area contributed by atoms with E-state index < -0.39 is 6.10 Å². The average molecular weight is 326 g/mol. The predicted octanol–water partition coefficient (Wildman–Crippen LogP) is 2.58. The number of quaternary nitrogens is 1. The molecule has 2 aromatic rings. The number of likely N-dealkylation sites (tertiary alicyclic amines) is 1. The van der Waals surface area contributed by atoms with Gasteiger partial charge in [-0.1, -0.05) is 42.5 Å². The summed E-state index contributed by atoms with van der Waals surface area (Å²) in [5, 5.41) is 11.1. The van der Waals surface area contributed by atoms with Gasteiger partial charge in [0.15, 0.2) is 0 Å². The highest BCUT2D eigenvalue weighted by molar-refractivity contribution is 5.31. The van der Waals surface area contributed by atoms with E-state index in [1.807, 2.05) is 37.3 Å². The molecule has 1 heterocycles. The number of hydrogen-bond acceptors (Lipinski definition) is 2. The molecule has 128 valence electrons. The maximum absolute atomic E-state index is 11.1. The molecule has 2 atom stereocenters. The molecular formula is C21H28NO2+. The van der Waals surface area contributed by atoms with Gasteiger partial charge in [-0.05, 0) is 30.2 Å². The second-order valence-electron chi connectivity index (χ2n) is 6.63. The monoisotopic (exact) mass is 326 g/mol. The third-order valence-corrected chi connectivity index (χ3v) is 4.96. The van der Waals surface area contributed by atoms with Crippen LogP contribution < -0.4 is 9.64 Å². The fraction of sp³-hybridized carbons (Fsp3) is 0.429. The van der Waals surface area contributed by atoms with Crippen molar-refractivity contribution < 1.29 is 14.7 Å².